The third-order valence-electron chi connectivity index (χ3n) is 5.23. The second-order valence-electron chi connectivity index (χ2n) is 7.44. The Balaban J connectivity index is 0.000000189. The van der Waals surface area contributed by atoms with Gasteiger partial charge >= 0.3 is 0 Å². The minimum absolute atomic E-state index is 0.0461. The van der Waals surface area contributed by atoms with Crippen molar-refractivity contribution < 1.29 is 23.4 Å². The molecule has 1 saturated heterocycles. The van der Waals surface area contributed by atoms with Crippen molar-refractivity contribution in [2.24, 2.45) is 0 Å². The van der Waals surface area contributed by atoms with Gasteiger partial charge in [0.1, 0.15) is 17.4 Å². The van der Waals surface area contributed by atoms with Crippen molar-refractivity contribution in [1.29, 1.82) is 0 Å². The molecular weight excluding hydrogens is 470 g/mol. The van der Waals surface area contributed by atoms with Gasteiger partial charge in [0.25, 0.3) is 5.91 Å². The van der Waals surface area contributed by atoms with E-state index in [0.29, 0.717) is 34.7 Å². The number of phenols is 1. The molecular formula is C24H23ClF2N2O3S. The number of amides is 1. The van der Waals surface area contributed by atoms with Gasteiger partial charge in [0.05, 0.1) is 16.8 Å². The van der Waals surface area contributed by atoms with Crippen LogP contribution in [0.3, 0.4) is 0 Å². The summed E-state index contributed by atoms with van der Waals surface area (Å²) in [5.74, 6) is -1.56. The monoisotopic (exact) mass is 492 g/mol. The van der Waals surface area contributed by atoms with E-state index in [9.17, 15) is 18.7 Å². The third kappa shape index (κ3) is 5.96. The van der Waals surface area contributed by atoms with Gasteiger partial charge in [0.2, 0.25) is 0 Å². The van der Waals surface area contributed by atoms with Crippen LogP contribution in [-0.4, -0.2) is 42.2 Å². The van der Waals surface area contributed by atoms with E-state index < -0.39 is 11.6 Å². The summed E-state index contributed by atoms with van der Waals surface area (Å²) in [5.41, 5.74) is 6.77. The highest BCUT2D eigenvalue weighted by Crippen LogP contribution is 2.32. The zero-order valence-electron chi connectivity index (χ0n) is 17.8. The Kier molecular flexibility index (Phi) is 8.18. The molecule has 1 aliphatic rings. The topological polar surface area (TPSA) is 75.8 Å². The molecule has 3 aromatic rings. The fraction of sp³-hybridized carbons (Fsp3) is 0.208. The van der Waals surface area contributed by atoms with Crippen molar-refractivity contribution in [3.63, 3.8) is 0 Å². The largest absolute Gasteiger partial charge is 0.505 e. The van der Waals surface area contributed by atoms with E-state index in [-0.39, 0.29) is 28.5 Å². The molecule has 0 radical (unpaired) electrons. The van der Waals surface area contributed by atoms with E-state index in [4.69, 9.17) is 22.1 Å². The Morgan fingerprint density at radius 3 is 2.48 bits per heavy atom. The number of nitrogens with two attached hydrogens (primary N) is 1. The van der Waals surface area contributed by atoms with Crippen LogP contribution in [0, 0.1) is 11.6 Å². The SMILES string of the molecule is COC1CCN(C(=O)c2cc(S)c(O)c(Cl)c2)C1.Nc1cc(-c2ccccc2)c(F)cc1F. The minimum atomic E-state index is -0.729. The second-order valence-corrected chi connectivity index (χ2v) is 8.33. The van der Waals surface area contributed by atoms with Gasteiger partial charge in [-0.25, -0.2) is 8.78 Å². The molecule has 0 aliphatic carbocycles. The molecule has 174 valence electrons. The average Bonchev–Trinajstić information content (AvgIpc) is 3.29. The number of phenolic OH excluding ortho intramolecular Hbond substituents is 1. The van der Waals surface area contributed by atoms with E-state index in [2.05, 4.69) is 12.6 Å². The Morgan fingerprint density at radius 2 is 1.88 bits per heavy atom. The van der Waals surface area contributed by atoms with Crippen molar-refractivity contribution in [3.8, 4) is 16.9 Å². The van der Waals surface area contributed by atoms with Gasteiger partial charge in [-0.2, -0.15) is 0 Å². The average molecular weight is 493 g/mol. The number of halogens is 3. The number of hydrogen-bond acceptors (Lipinski definition) is 5. The van der Waals surface area contributed by atoms with Crippen LogP contribution in [0.4, 0.5) is 14.5 Å². The zero-order valence-corrected chi connectivity index (χ0v) is 19.4. The maximum absolute atomic E-state index is 13.4. The van der Waals surface area contributed by atoms with E-state index >= 15 is 0 Å². The lowest BCUT2D eigenvalue weighted by molar-refractivity contribution is 0.0724. The number of rotatable bonds is 3. The number of hydrogen-bond donors (Lipinski definition) is 3. The van der Waals surface area contributed by atoms with E-state index in [1.54, 1.807) is 36.3 Å². The van der Waals surface area contributed by atoms with Crippen LogP contribution in [0.25, 0.3) is 11.1 Å². The van der Waals surface area contributed by atoms with Crippen molar-refractivity contribution in [2.45, 2.75) is 17.4 Å². The molecule has 0 spiro atoms. The molecule has 1 atom stereocenters. The normalized spacial score (nSPS) is 15.2. The highest BCUT2D eigenvalue weighted by molar-refractivity contribution is 7.80. The van der Waals surface area contributed by atoms with Gasteiger partial charge in [0, 0.05) is 42.3 Å². The quantitative estimate of drug-likeness (QED) is 0.337. The fourth-order valence-electron chi connectivity index (χ4n) is 3.40. The van der Waals surface area contributed by atoms with Crippen LogP contribution in [0.15, 0.2) is 59.5 Å². The first-order chi connectivity index (χ1) is 15.7. The van der Waals surface area contributed by atoms with Crippen molar-refractivity contribution >= 4 is 35.8 Å². The molecule has 1 amide bonds. The molecule has 1 aliphatic heterocycles. The molecule has 0 saturated carbocycles. The Bertz CT molecular complexity index is 1130. The summed E-state index contributed by atoms with van der Waals surface area (Å²) >= 11 is 9.91. The van der Waals surface area contributed by atoms with Crippen LogP contribution in [0.2, 0.25) is 5.02 Å². The first kappa shape index (κ1) is 24.8. The molecule has 9 heteroatoms. The summed E-state index contributed by atoms with van der Waals surface area (Å²) in [7, 11) is 1.64. The number of ether oxygens (including phenoxy) is 1. The lowest BCUT2D eigenvalue weighted by Crippen LogP contribution is -2.29. The highest BCUT2D eigenvalue weighted by Gasteiger charge is 2.27. The fourth-order valence-corrected chi connectivity index (χ4v) is 3.95. The number of carbonyl (C=O) groups is 1. The molecule has 1 heterocycles. The summed E-state index contributed by atoms with van der Waals surface area (Å²) in [4.78, 5) is 14.2. The molecule has 1 unspecified atom stereocenters. The van der Waals surface area contributed by atoms with Crippen molar-refractivity contribution in [2.75, 3.05) is 25.9 Å². The minimum Gasteiger partial charge on any atom is -0.505 e. The van der Waals surface area contributed by atoms with Gasteiger partial charge in [0.15, 0.2) is 0 Å². The van der Waals surface area contributed by atoms with E-state index in [0.717, 1.165) is 12.5 Å². The summed E-state index contributed by atoms with van der Waals surface area (Å²) in [5, 5.41) is 9.64. The molecule has 3 aromatic carbocycles. The van der Waals surface area contributed by atoms with Crippen molar-refractivity contribution in [1.82, 2.24) is 4.90 Å². The van der Waals surface area contributed by atoms with Gasteiger partial charge in [-0.05, 0) is 30.2 Å². The van der Waals surface area contributed by atoms with Gasteiger partial charge in [-0.3, -0.25) is 4.79 Å². The number of thiol groups is 1. The number of aromatic hydroxyl groups is 1. The number of carbonyl (C=O) groups excluding carboxylic acids is 1. The highest BCUT2D eigenvalue weighted by atomic mass is 35.5. The molecule has 0 bridgehead atoms. The van der Waals surface area contributed by atoms with E-state index in [1.807, 2.05) is 6.07 Å². The Morgan fingerprint density at radius 1 is 1.18 bits per heavy atom. The maximum Gasteiger partial charge on any atom is 0.254 e. The number of methoxy groups -OCH3 is 1. The first-order valence-corrected chi connectivity index (χ1v) is 10.9. The Labute approximate surface area is 201 Å². The molecule has 33 heavy (non-hydrogen) atoms. The molecule has 4 rings (SSSR count). The van der Waals surface area contributed by atoms with Crippen molar-refractivity contribution in [3.05, 3.63) is 76.8 Å². The predicted octanol–water partition coefficient (Wildman–Crippen LogP) is 5.41. The van der Waals surface area contributed by atoms with Crippen LogP contribution < -0.4 is 5.73 Å². The summed E-state index contributed by atoms with van der Waals surface area (Å²) < 4.78 is 31.5. The number of likely N-dealkylation sites (tertiary alicyclic amines) is 1. The van der Waals surface area contributed by atoms with Gasteiger partial charge in [-0.15, -0.1) is 12.6 Å². The van der Waals surface area contributed by atoms with Gasteiger partial charge < -0.3 is 20.5 Å². The number of anilines is 1. The summed E-state index contributed by atoms with van der Waals surface area (Å²) in [6.07, 6.45) is 0.930. The first-order valence-electron chi connectivity index (χ1n) is 10.0. The number of nitrogens with zero attached hydrogens (tertiary/aromatic N) is 1. The molecule has 3 N–H and O–H groups in total. The van der Waals surface area contributed by atoms with Crippen LogP contribution in [0.1, 0.15) is 16.8 Å². The zero-order chi connectivity index (χ0) is 24.1. The Hall–Kier alpha value is -2.81. The van der Waals surface area contributed by atoms with Crippen LogP contribution in [0.5, 0.6) is 5.75 Å². The predicted molar refractivity (Wildman–Crippen MR) is 128 cm³/mol. The maximum atomic E-state index is 13.4. The molecule has 1 fully saturated rings. The summed E-state index contributed by atoms with van der Waals surface area (Å²) in [6, 6.07) is 14.0. The lowest BCUT2D eigenvalue weighted by atomic mass is 10.0. The summed E-state index contributed by atoms with van der Waals surface area (Å²) in [6.45, 7) is 1.24. The van der Waals surface area contributed by atoms with Crippen LogP contribution in [-0.2, 0) is 4.74 Å². The molecule has 0 aromatic heterocycles. The smallest absolute Gasteiger partial charge is 0.254 e. The van der Waals surface area contributed by atoms with Gasteiger partial charge in [-0.1, -0.05) is 41.9 Å². The lowest BCUT2D eigenvalue weighted by Gasteiger charge is -2.17. The second kappa shape index (κ2) is 10.9. The number of benzene rings is 3. The van der Waals surface area contributed by atoms with Crippen LogP contribution >= 0.6 is 24.2 Å². The third-order valence-corrected chi connectivity index (χ3v) is 5.86. The number of nitrogen functional groups attached to an aromatic ring is 1. The molecule has 5 nitrogen and oxygen atoms in total. The van der Waals surface area contributed by atoms with E-state index in [1.165, 1.54) is 18.2 Å². The standard InChI is InChI=1S/C12H14ClNO3S.C12H9F2N/c1-17-8-2-3-14(6-8)12(16)7-4-9(13)11(15)10(18)5-7;13-10-7-11(14)12(15)6-9(10)8-4-2-1-3-5-8/h4-5,8,15,18H,2-3,6H2,1H3;1-7H,15H2.